The number of H-pyrrole nitrogens is 1. The van der Waals surface area contributed by atoms with E-state index in [1.165, 1.54) is 24.4 Å². The van der Waals surface area contributed by atoms with E-state index in [2.05, 4.69) is 24.1 Å². The Kier molecular flexibility index (Phi) is 4.70. The molecule has 4 N–H and O–H groups in total. The predicted molar refractivity (Wildman–Crippen MR) is 90.1 cm³/mol. The van der Waals surface area contributed by atoms with Gasteiger partial charge in [-0.1, -0.05) is 12.1 Å². The van der Waals surface area contributed by atoms with E-state index >= 15 is 0 Å². The summed E-state index contributed by atoms with van der Waals surface area (Å²) in [4.78, 5) is 38.0. The lowest BCUT2D eigenvalue weighted by atomic mass is 10.2. The smallest absolute Gasteiger partial charge is 0.446 e. The fraction of sp³-hybridized carbons (Fsp3) is 0.0714. The lowest BCUT2D eigenvalue weighted by Gasteiger charge is -2.08. The molecule has 0 amide bonds. The molecule has 0 fully saturated rings. The maximum atomic E-state index is 12.2. The zero-order valence-electron chi connectivity index (χ0n) is 13.3. The number of carbonyl (C=O) groups excluding carboxylic acids is 1. The number of nitrogens with zero attached hydrogens (tertiary/aromatic N) is 3. The van der Waals surface area contributed by atoms with Gasteiger partial charge in [-0.2, -0.15) is 13.4 Å². The van der Waals surface area contributed by atoms with Crippen LogP contribution in [0.5, 0.6) is 5.75 Å². The van der Waals surface area contributed by atoms with Crippen LogP contribution in [0.1, 0.15) is 16.1 Å². The molecule has 0 saturated heterocycles. The Morgan fingerprint density at radius 3 is 2.74 bits per heavy atom. The highest BCUT2D eigenvalue weighted by Gasteiger charge is 2.18. The Bertz CT molecular complexity index is 1190. The monoisotopic (exact) mass is 393 g/mol. The third kappa shape index (κ3) is 4.34. The van der Waals surface area contributed by atoms with Gasteiger partial charge < -0.3 is 14.7 Å². The number of esters is 1. The molecule has 0 aliphatic rings. The van der Waals surface area contributed by atoms with Crippen molar-refractivity contribution in [2.24, 2.45) is 0 Å². The highest BCUT2D eigenvalue weighted by molar-refractivity contribution is 7.81. The van der Waals surface area contributed by atoms with E-state index in [0.29, 0.717) is 0 Å². The summed E-state index contributed by atoms with van der Waals surface area (Å²) in [6, 6.07) is 5.25. The second-order valence-electron chi connectivity index (χ2n) is 5.07. The maximum absolute atomic E-state index is 12.2. The Morgan fingerprint density at radius 1 is 1.26 bits per heavy atom. The summed E-state index contributed by atoms with van der Waals surface area (Å²) >= 11 is 0. The van der Waals surface area contributed by atoms with Crippen LogP contribution >= 0.6 is 0 Å². The zero-order valence-corrected chi connectivity index (χ0v) is 14.1. The van der Waals surface area contributed by atoms with Crippen molar-refractivity contribution in [2.45, 2.75) is 6.61 Å². The van der Waals surface area contributed by atoms with Crippen LogP contribution < -0.4 is 15.5 Å². The number of nitrogens with two attached hydrogens (primary N) is 1. The number of nitrogens with one attached hydrogen (secondary N) is 1. The minimum Gasteiger partial charge on any atom is -0.455 e. The molecule has 3 aromatic rings. The summed E-state index contributed by atoms with van der Waals surface area (Å²) in [5, 5.41) is 0. The summed E-state index contributed by atoms with van der Waals surface area (Å²) in [6.07, 6.45) is 1.24. The summed E-state index contributed by atoms with van der Waals surface area (Å²) < 4.78 is 39.8. The van der Waals surface area contributed by atoms with Crippen molar-refractivity contribution in [3.05, 3.63) is 52.1 Å². The van der Waals surface area contributed by atoms with Gasteiger partial charge in [-0.3, -0.25) is 14.3 Å². The molecule has 0 bridgehead atoms. The molecule has 0 atom stereocenters. The molecule has 0 aliphatic heterocycles. The molecule has 12 nitrogen and oxygen atoms in total. The van der Waals surface area contributed by atoms with Crippen LogP contribution in [0.4, 0.5) is 5.95 Å². The highest BCUT2D eigenvalue weighted by Crippen LogP contribution is 2.20. The fourth-order valence-electron chi connectivity index (χ4n) is 2.08. The third-order valence-electron chi connectivity index (χ3n) is 3.14. The van der Waals surface area contributed by atoms with E-state index in [-0.39, 0.29) is 35.0 Å². The van der Waals surface area contributed by atoms with E-state index in [1.807, 2.05) is 0 Å². The molecule has 0 unspecified atom stereocenters. The number of hydrogen-bond donors (Lipinski definition) is 3. The van der Waals surface area contributed by atoms with Gasteiger partial charge in [-0.15, -0.1) is 0 Å². The van der Waals surface area contributed by atoms with Crippen LogP contribution in [0.2, 0.25) is 0 Å². The van der Waals surface area contributed by atoms with Gasteiger partial charge in [0.25, 0.3) is 5.56 Å². The van der Waals surface area contributed by atoms with Crippen LogP contribution in [-0.2, 0) is 21.7 Å². The molecule has 27 heavy (non-hydrogen) atoms. The van der Waals surface area contributed by atoms with Crippen molar-refractivity contribution in [1.82, 2.24) is 19.9 Å². The van der Waals surface area contributed by atoms with Crippen molar-refractivity contribution in [1.29, 1.82) is 0 Å². The van der Waals surface area contributed by atoms with E-state index in [9.17, 15) is 18.0 Å². The number of fused-ring (bicyclic) bond motifs is 1. The number of anilines is 1. The van der Waals surface area contributed by atoms with E-state index < -0.39 is 27.7 Å². The Morgan fingerprint density at radius 2 is 2.00 bits per heavy atom. The van der Waals surface area contributed by atoms with Crippen molar-refractivity contribution < 1.29 is 26.7 Å². The molecular weight excluding hydrogens is 382 g/mol. The predicted octanol–water partition coefficient (Wildman–Crippen LogP) is -0.166. The normalized spacial score (nSPS) is 11.3. The summed E-state index contributed by atoms with van der Waals surface area (Å²) in [5.41, 5.74) is 4.64. The van der Waals surface area contributed by atoms with Gasteiger partial charge in [0.2, 0.25) is 5.95 Å². The van der Waals surface area contributed by atoms with Crippen molar-refractivity contribution >= 4 is 33.5 Å². The first kappa shape index (κ1) is 18.2. The number of carbonyl (C=O) groups is 1. The van der Waals surface area contributed by atoms with Crippen molar-refractivity contribution in [3.63, 3.8) is 0 Å². The van der Waals surface area contributed by atoms with Gasteiger partial charge >= 0.3 is 16.4 Å². The van der Waals surface area contributed by atoms with Gasteiger partial charge in [-0.05, 0) is 12.1 Å². The number of nitrogen functional groups attached to an aromatic ring is 1. The largest absolute Gasteiger partial charge is 0.455 e. The Hall–Kier alpha value is -3.58. The molecular formula is C14H11N5O7S. The second-order valence-corrected chi connectivity index (χ2v) is 6.09. The van der Waals surface area contributed by atoms with Crippen LogP contribution in [0, 0.1) is 0 Å². The number of ether oxygens (including phenoxy) is 1. The molecule has 0 saturated carbocycles. The summed E-state index contributed by atoms with van der Waals surface area (Å²) in [5.74, 6) is -1.47. The van der Waals surface area contributed by atoms with E-state index in [4.69, 9.17) is 15.0 Å². The molecule has 1 aromatic carbocycles. The van der Waals surface area contributed by atoms with Crippen LogP contribution in [0.3, 0.4) is 0 Å². The van der Waals surface area contributed by atoms with Crippen LogP contribution in [0.25, 0.3) is 11.2 Å². The van der Waals surface area contributed by atoms with E-state index in [0.717, 1.165) is 6.07 Å². The average Bonchev–Trinajstić information content (AvgIpc) is 2.59. The lowest BCUT2D eigenvalue weighted by Crippen LogP contribution is -2.15. The van der Waals surface area contributed by atoms with Crippen molar-refractivity contribution in [2.75, 3.05) is 5.73 Å². The van der Waals surface area contributed by atoms with Gasteiger partial charge in [0, 0.05) is 0 Å². The van der Waals surface area contributed by atoms with Gasteiger partial charge in [0.15, 0.2) is 16.9 Å². The number of rotatable bonds is 5. The fourth-order valence-corrected chi connectivity index (χ4v) is 2.45. The van der Waals surface area contributed by atoms with Crippen molar-refractivity contribution in [3.8, 4) is 5.75 Å². The number of aromatic amines is 1. The topological polar surface area (TPSA) is 187 Å². The zero-order chi connectivity index (χ0) is 19.6. The molecule has 0 radical (unpaired) electrons. The highest BCUT2D eigenvalue weighted by atomic mass is 32.3. The quantitative estimate of drug-likeness (QED) is 0.386. The summed E-state index contributed by atoms with van der Waals surface area (Å²) in [6.45, 7) is -0.369. The summed E-state index contributed by atoms with van der Waals surface area (Å²) in [7, 11) is -4.82. The first-order valence-corrected chi connectivity index (χ1v) is 8.54. The molecule has 13 heteroatoms. The molecule has 0 aliphatic carbocycles. The second kappa shape index (κ2) is 6.97. The molecule has 2 aromatic heterocycles. The van der Waals surface area contributed by atoms with Gasteiger partial charge in [0.1, 0.15) is 12.2 Å². The minimum atomic E-state index is -4.82. The number of hydrogen-bond acceptors (Lipinski definition) is 10. The third-order valence-corrected chi connectivity index (χ3v) is 3.53. The molecule has 140 valence electrons. The van der Waals surface area contributed by atoms with Gasteiger partial charge in [0.05, 0.1) is 11.9 Å². The van der Waals surface area contributed by atoms with Gasteiger partial charge in [-0.25, -0.2) is 14.8 Å². The first-order valence-electron chi connectivity index (χ1n) is 7.17. The SMILES string of the molecule is Nc1nc2ncc(COC(=O)c3ccccc3OS(=O)(=O)O)nc2c(=O)[nH]1. The minimum absolute atomic E-state index is 0.0261. The van der Waals surface area contributed by atoms with Crippen LogP contribution in [-0.4, -0.2) is 38.9 Å². The average molecular weight is 393 g/mol. The molecule has 3 rings (SSSR count). The standard InChI is InChI=1S/C14H11N5O7S/c15-14-18-11-10(12(20)19-14)17-7(5-16-11)6-25-13(21)8-3-1-2-4-9(8)26-27(22,23)24/h1-5H,6H2,(H,22,23,24)(H3,15,16,18,19,20). The Labute approximate surface area is 151 Å². The van der Waals surface area contributed by atoms with E-state index in [1.54, 1.807) is 0 Å². The maximum Gasteiger partial charge on any atom is 0.446 e. The number of para-hydroxylation sites is 1. The first-order chi connectivity index (χ1) is 12.7. The number of benzene rings is 1. The molecule has 2 heterocycles. The number of aromatic nitrogens is 4. The molecule has 0 spiro atoms. The Balaban J connectivity index is 1.80. The van der Waals surface area contributed by atoms with Crippen LogP contribution in [0.15, 0.2) is 35.3 Å². The lowest BCUT2D eigenvalue weighted by molar-refractivity contribution is 0.0465.